The number of aromatic nitrogens is 2. The molecule has 1 aliphatic rings. The minimum Gasteiger partial charge on any atom is -0.373 e. The van der Waals surface area contributed by atoms with E-state index in [0.717, 1.165) is 13.2 Å². The van der Waals surface area contributed by atoms with Crippen molar-refractivity contribution >= 4 is 0 Å². The van der Waals surface area contributed by atoms with E-state index in [2.05, 4.69) is 44.3 Å². The molecule has 0 aliphatic carbocycles. The van der Waals surface area contributed by atoms with Crippen LogP contribution in [0, 0.1) is 5.92 Å². The number of rotatable bonds is 5. The highest BCUT2D eigenvalue weighted by atomic mass is 16.5. The average molecular weight is 265 g/mol. The summed E-state index contributed by atoms with van der Waals surface area (Å²) in [4.78, 5) is 0. The molecule has 2 unspecified atom stereocenters. The largest absolute Gasteiger partial charge is 0.373 e. The Hall–Kier alpha value is -0.870. The van der Waals surface area contributed by atoms with Gasteiger partial charge in [0.1, 0.15) is 0 Å². The van der Waals surface area contributed by atoms with E-state index < -0.39 is 0 Å². The summed E-state index contributed by atoms with van der Waals surface area (Å²) in [6.07, 6.45) is 6.71. The van der Waals surface area contributed by atoms with Gasteiger partial charge in [0.25, 0.3) is 0 Å². The van der Waals surface area contributed by atoms with Gasteiger partial charge in [0.05, 0.1) is 12.3 Å². The Kier molecular flexibility index (Phi) is 4.99. The quantitative estimate of drug-likeness (QED) is 0.889. The van der Waals surface area contributed by atoms with Gasteiger partial charge < -0.3 is 10.1 Å². The Morgan fingerprint density at radius 1 is 1.42 bits per heavy atom. The van der Waals surface area contributed by atoms with Crippen LogP contribution in [0.5, 0.6) is 0 Å². The second-order valence-electron chi connectivity index (χ2n) is 6.10. The molecule has 0 spiro atoms. The fourth-order valence-corrected chi connectivity index (χ4v) is 2.59. The van der Waals surface area contributed by atoms with Crippen LogP contribution in [0.1, 0.15) is 58.2 Å². The normalized spacial score (nSPS) is 24.3. The Bertz CT molecular complexity index is 386. The molecule has 4 nitrogen and oxygen atoms in total. The Labute approximate surface area is 116 Å². The summed E-state index contributed by atoms with van der Waals surface area (Å²) in [5.74, 6) is 0.556. The lowest BCUT2D eigenvalue weighted by atomic mass is 9.90. The molecule has 0 radical (unpaired) electrons. The molecule has 1 aromatic heterocycles. The van der Waals surface area contributed by atoms with Gasteiger partial charge >= 0.3 is 0 Å². The molecule has 2 atom stereocenters. The fourth-order valence-electron chi connectivity index (χ4n) is 2.59. The highest BCUT2D eigenvalue weighted by molar-refractivity contribution is 5.11. The van der Waals surface area contributed by atoms with Crippen molar-refractivity contribution < 1.29 is 4.74 Å². The molecular weight excluding hydrogens is 238 g/mol. The third kappa shape index (κ3) is 3.80. The Balaban J connectivity index is 2.05. The predicted octanol–water partition coefficient (Wildman–Crippen LogP) is 2.93. The van der Waals surface area contributed by atoms with Crippen molar-refractivity contribution in [3.8, 4) is 0 Å². The van der Waals surface area contributed by atoms with E-state index >= 15 is 0 Å². The molecule has 1 fully saturated rings. The zero-order valence-corrected chi connectivity index (χ0v) is 12.6. The maximum Gasteiger partial charge on any atom is 0.0895 e. The third-order valence-corrected chi connectivity index (χ3v) is 3.71. The topological polar surface area (TPSA) is 39.1 Å². The van der Waals surface area contributed by atoms with Gasteiger partial charge in [-0.2, -0.15) is 5.10 Å². The van der Waals surface area contributed by atoms with Crippen molar-refractivity contribution in [1.29, 1.82) is 0 Å². The van der Waals surface area contributed by atoms with Crippen molar-refractivity contribution in [2.45, 2.75) is 58.7 Å². The molecule has 4 heteroatoms. The molecule has 2 heterocycles. The molecule has 1 saturated heterocycles. The van der Waals surface area contributed by atoms with Crippen LogP contribution >= 0.6 is 0 Å². The molecule has 0 aromatic carbocycles. The molecule has 1 aliphatic heterocycles. The van der Waals surface area contributed by atoms with E-state index in [1.165, 1.54) is 18.4 Å². The fraction of sp³-hybridized carbons (Fsp3) is 0.800. The van der Waals surface area contributed by atoms with Crippen LogP contribution in [0.25, 0.3) is 0 Å². The van der Waals surface area contributed by atoms with E-state index in [0.29, 0.717) is 18.0 Å². The van der Waals surface area contributed by atoms with Gasteiger partial charge in [-0.05, 0) is 26.7 Å². The van der Waals surface area contributed by atoms with Crippen molar-refractivity contribution in [1.82, 2.24) is 15.1 Å². The first kappa shape index (κ1) is 14.5. The summed E-state index contributed by atoms with van der Waals surface area (Å²) in [7, 11) is 0. The van der Waals surface area contributed by atoms with Gasteiger partial charge in [-0.3, -0.25) is 4.68 Å². The molecule has 2 rings (SSSR count). The first-order valence-electron chi connectivity index (χ1n) is 7.47. The zero-order valence-electron chi connectivity index (χ0n) is 12.6. The smallest absolute Gasteiger partial charge is 0.0895 e. The van der Waals surface area contributed by atoms with Crippen molar-refractivity contribution in [2.24, 2.45) is 5.92 Å². The molecule has 1 N–H and O–H groups in total. The Morgan fingerprint density at radius 3 is 2.84 bits per heavy atom. The van der Waals surface area contributed by atoms with Crippen LogP contribution in [0.4, 0.5) is 0 Å². The summed E-state index contributed by atoms with van der Waals surface area (Å²) in [6.45, 7) is 10.6. The summed E-state index contributed by atoms with van der Waals surface area (Å²) >= 11 is 0. The summed E-state index contributed by atoms with van der Waals surface area (Å²) in [5, 5.41) is 7.97. The van der Waals surface area contributed by atoms with Gasteiger partial charge in [-0.25, -0.2) is 0 Å². The maximum absolute atomic E-state index is 6.01. The lowest BCUT2D eigenvalue weighted by Crippen LogP contribution is -2.34. The number of nitrogens with zero attached hydrogens (tertiary/aromatic N) is 2. The first-order valence-corrected chi connectivity index (χ1v) is 7.47. The number of hydrogen-bond donors (Lipinski definition) is 1. The van der Waals surface area contributed by atoms with E-state index in [9.17, 15) is 0 Å². The molecule has 0 saturated carbocycles. The summed E-state index contributed by atoms with van der Waals surface area (Å²) in [5.41, 5.74) is 1.23. The second-order valence-corrected chi connectivity index (χ2v) is 6.10. The SMILES string of the molecule is CC(C)NCC1CCCOC1c1cnn(C(C)C)c1. The highest BCUT2D eigenvalue weighted by Crippen LogP contribution is 2.33. The number of nitrogens with one attached hydrogen (secondary N) is 1. The second kappa shape index (κ2) is 6.53. The maximum atomic E-state index is 6.01. The first-order chi connectivity index (χ1) is 9.08. The summed E-state index contributed by atoms with van der Waals surface area (Å²) < 4.78 is 8.02. The van der Waals surface area contributed by atoms with Crippen LogP contribution < -0.4 is 5.32 Å². The minimum atomic E-state index is 0.201. The monoisotopic (exact) mass is 265 g/mol. The molecule has 1 aromatic rings. The van der Waals surface area contributed by atoms with Gasteiger partial charge in [0.2, 0.25) is 0 Å². The van der Waals surface area contributed by atoms with Crippen LogP contribution in [0.3, 0.4) is 0 Å². The Morgan fingerprint density at radius 2 is 2.21 bits per heavy atom. The molecule has 108 valence electrons. The highest BCUT2D eigenvalue weighted by Gasteiger charge is 2.28. The lowest BCUT2D eigenvalue weighted by Gasteiger charge is -2.32. The van der Waals surface area contributed by atoms with E-state index in [-0.39, 0.29) is 6.10 Å². The molecular formula is C15H27N3O. The third-order valence-electron chi connectivity index (χ3n) is 3.71. The van der Waals surface area contributed by atoms with Gasteiger partial charge in [-0.1, -0.05) is 13.8 Å². The lowest BCUT2D eigenvalue weighted by molar-refractivity contribution is -0.0282. The van der Waals surface area contributed by atoms with Crippen molar-refractivity contribution in [3.05, 3.63) is 18.0 Å². The predicted molar refractivity (Wildman–Crippen MR) is 77.2 cm³/mol. The van der Waals surface area contributed by atoms with Crippen molar-refractivity contribution in [3.63, 3.8) is 0 Å². The van der Waals surface area contributed by atoms with Crippen LogP contribution in [0.15, 0.2) is 12.4 Å². The molecule has 0 amide bonds. The summed E-state index contributed by atoms with van der Waals surface area (Å²) in [6, 6.07) is 0.936. The molecule has 19 heavy (non-hydrogen) atoms. The van der Waals surface area contributed by atoms with Gasteiger partial charge in [0, 0.05) is 42.9 Å². The van der Waals surface area contributed by atoms with E-state index in [1.54, 1.807) is 0 Å². The van der Waals surface area contributed by atoms with Crippen LogP contribution in [-0.2, 0) is 4.74 Å². The van der Waals surface area contributed by atoms with Crippen LogP contribution in [-0.4, -0.2) is 29.0 Å². The number of hydrogen-bond acceptors (Lipinski definition) is 3. The zero-order chi connectivity index (χ0) is 13.8. The van der Waals surface area contributed by atoms with Crippen molar-refractivity contribution in [2.75, 3.05) is 13.2 Å². The van der Waals surface area contributed by atoms with Crippen LogP contribution in [0.2, 0.25) is 0 Å². The van der Waals surface area contributed by atoms with E-state index in [4.69, 9.17) is 4.74 Å². The average Bonchev–Trinajstić information content (AvgIpc) is 2.86. The van der Waals surface area contributed by atoms with Gasteiger partial charge in [-0.15, -0.1) is 0 Å². The van der Waals surface area contributed by atoms with E-state index in [1.807, 2.05) is 10.9 Å². The number of ether oxygens (including phenoxy) is 1. The standard InChI is InChI=1S/C15H27N3O/c1-11(2)16-8-13-6-5-7-19-15(13)14-9-17-18(10-14)12(3)4/h9-13,15-16H,5-8H2,1-4H3. The van der Waals surface area contributed by atoms with Gasteiger partial charge in [0.15, 0.2) is 0 Å². The minimum absolute atomic E-state index is 0.201. The molecule has 0 bridgehead atoms.